The number of hydrogen-bond acceptors (Lipinski definition) is 3. The summed E-state index contributed by atoms with van der Waals surface area (Å²) in [5, 5.41) is 9.11. The van der Waals surface area contributed by atoms with Gasteiger partial charge in [-0.1, -0.05) is 18.2 Å². The van der Waals surface area contributed by atoms with Crippen molar-refractivity contribution in [1.82, 2.24) is 4.90 Å². The monoisotopic (exact) mass is 235 g/mol. The standard InChI is InChI=1S/C13H17NO3/c1-17-12-7-4-8-14(12)9-10-5-2-3-6-11(10)13(15)16/h2-3,5-6,12H,4,7-9H2,1H3,(H,15,16). The first-order valence-corrected chi connectivity index (χ1v) is 5.80. The van der Waals surface area contributed by atoms with Gasteiger partial charge in [0.1, 0.15) is 6.23 Å². The SMILES string of the molecule is COC1CCCN1Cc1ccccc1C(=O)O. The highest BCUT2D eigenvalue weighted by Gasteiger charge is 2.25. The smallest absolute Gasteiger partial charge is 0.336 e. The van der Waals surface area contributed by atoms with E-state index in [0.717, 1.165) is 24.9 Å². The molecule has 4 heteroatoms. The van der Waals surface area contributed by atoms with Gasteiger partial charge in [-0.15, -0.1) is 0 Å². The van der Waals surface area contributed by atoms with E-state index < -0.39 is 5.97 Å². The van der Waals surface area contributed by atoms with Crippen LogP contribution in [0.1, 0.15) is 28.8 Å². The van der Waals surface area contributed by atoms with Crippen LogP contribution >= 0.6 is 0 Å². The lowest BCUT2D eigenvalue weighted by atomic mass is 10.1. The quantitative estimate of drug-likeness (QED) is 0.866. The summed E-state index contributed by atoms with van der Waals surface area (Å²) in [6.07, 6.45) is 2.25. The summed E-state index contributed by atoms with van der Waals surface area (Å²) in [7, 11) is 1.70. The summed E-state index contributed by atoms with van der Waals surface area (Å²) < 4.78 is 5.37. The fourth-order valence-electron chi connectivity index (χ4n) is 2.33. The van der Waals surface area contributed by atoms with Crippen LogP contribution in [0, 0.1) is 0 Å². The zero-order chi connectivity index (χ0) is 12.3. The van der Waals surface area contributed by atoms with Crippen molar-refractivity contribution < 1.29 is 14.6 Å². The molecule has 1 fully saturated rings. The number of aromatic carboxylic acids is 1. The summed E-state index contributed by atoms with van der Waals surface area (Å²) in [5.41, 5.74) is 1.23. The molecular weight excluding hydrogens is 218 g/mol. The Morgan fingerprint density at radius 2 is 2.29 bits per heavy atom. The molecule has 92 valence electrons. The molecule has 1 unspecified atom stereocenters. The van der Waals surface area contributed by atoms with Gasteiger partial charge in [0.25, 0.3) is 0 Å². The lowest BCUT2D eigenvalue weighted by Crippen LogP contribution is -2.30. The van der Waals surface area contributed by atoms with Crippen molar-refractivity contribution in [2.75, 3.05) is 13.7 Å². The van der Waals surface area contributed by atoms with Gasteiger partial charge in [-0.2, -0.15) is 0 Å². The van der Waals surface area contributed by atoms with E-state index in [9.17, 15) is 4.79 Å². The summed E-state index contributed by atoms with van der Waals surface area (Å²) in [5.74, 6) is -0.867. The molecule has 0 radical (unpaired) electrons. The van der Waals surface area contributed by atoms with Crippen LogP contribution in [0.3, 0.4) is 0 Å². The fraction of sp³-hybridized carbons (Fsp3) is 0.462. The van der Waals surface area contributed by atoms with Crippen molar-refractivity contribution in [2.24, 2.45) is 0 Å². The van der Waals surface area contributed by atoms with Gasteiger partial charge in [0.15, 0.2) is 0 Å². The highest BCUT2D eigenvalue weighted by Crippen LogP contribution is 2.21. The van der Waals surface area contributed by atoms with E-state index in [1.165, 1.54) is 0 Å². The molecule has 0 amide bonds. The Hall–Kier alpha value is -1.39. The number of methoxy groups -OCH3 is 1. The van der Waals surface area contributed by atoms with E-state index in [1.54, 1.807) is 19.2 Å². The fourth-order valence-corrected chi connectivity index (χ4v) is 2.33. The van der Waals surface area contributed by atoms with Gasteiger partial charge in [-0.25, -0.2) is 4.79 Å². The molecule has 0 aromatic heterocycles. The molecule has 0 aliphatic carbocycles. The van der Waals surface area contributed by atoms with E-state index in [-0.39, 0.29) is 6.23 Å². The van der Waals surface area contributed by atoms with Crippen molar-refractivity contribution in [3.05, 3.63) is 35.4 Å². The molecule has 1 N–H and O–H groups in total. The molecule has 0 bridgehead atoms. The molecule has 1 saturated heterocycles. The van der Waals surface area contributed by atoms with Gasteiger partial charge in [-0.3, -0.25) is 4.90 Å². The molecule has 2 rings (SSSR count). The summed E-state index contributed by atoms with van der Waals surface area (Å²) in [6, 6.07) is 7.15. The van der Waals surface area contributed by atoms with Crippen molar-refractivity contribution in [2.45, 2.75) is 25.6 Å². The third-order valence-corrected chi connectivity index (χ3v) is 3.20. The maximum absolute atomic E-state index is 11.1. The third-order valence-electron chi connectivity index (χ3n) is 3.20. The Kier molecular flexibility index (Phi) is 3.76. The van der Waals surface area contributed by atoms with Crippen LogP contribution in [0.25, 0.3) is 0 Å². The highest BCUT2D eigenvalue weighted by atomic mass is 16.5. The first kappa shape index (κ1) is 12.1. The highest BCUT2D eigenvalue weighted by molar-refractivity contribution is 5.89. The topological polar surface area (TPSA) is 49.8 Å². The number of ether oxygens (including phenoxy) is 1. The average molecular weight is 235 g/mol. The van der Waals surface area contributed by atoms with Crippen LogP contribution in [-0.2, 0) is 11.3 Å². The number of likely N-dealkylation sites (tertiary alicyclic amines) is 1. The molecule has 1 aliphatic heterocycles. The van der Waals surface area contributed by atoms with Crippen LogP contribution in [0.5, 0.6) is 0 Å². The molecule has 0 saturated carbocycles. The lowest BCUT2D eigenvalue weighted by Gasteiger charge is -2.23. The van der Waals surface area contributed by atoms with Gasteiger partial charge >= 0.3 is 5.97 Å². The molecule has 1 aromatic carbocycles. The zero-order valence-corrected chi connectivity index (χ0v) is 9.93. The number of carboxylic acids is 1. The van der Waals surface area contributed by atoms with Crippen LogP contribution in [0.2, 0.25) is 0 Å². The lowest BCUT2D eigenvalue weighted by molar-refractivity contribution is -0.00833. The predicted octanol–water partition coefficient (Wildman–Crippen LogP) is 1.95. The molecule has 0 spiro atoms. The normalized spacial score (nSPS) is 20.6. The first-order chi connectivity index (χ1) is 8.22. The number of rotatable bonds is 4. The summed E-state index contributed by atoms with van der Waals surface area (Å²) in [6.45, 7) is 1.60. The zero-order valence-electron chi connectivity index (χ0n) is 9.93. The molecule has 1 aromatic rings. The van der Waals surface area contributed by atoms with Gasteiger partial charge in [-0.05, 0) is 24.5 Å². The van der Waals surface area contributed by atoms with Gasteiger partial charge < -0.3 is 9.84 Å². The van der Waals surface area contributed by atoms with Crippen molar-refractivity contribution in [3.63, 3.8) is 0 Å². The van der Waals surface area contributed by atoms with Crippen molar-refractivity contribution in [3.8, 4) is 0 Å². The van der Waals surface area contributed by atoms with E-state index in [4.69, 9.17) is 9.84 Å². The van der Waals surface area contributed by atoms with Crippen molar-refractivity contribution in [1.29, 1.82) is 0 Å². The molecule has 1 heterocycles. The second-order valence-corrected chi connectivity index (χ2v) is 4.27. The van der Waals surface area contributed by atoms with Crippen LogP contribution in [-0.4, -0.2) is 35.9 Å². The second kappa shape index (κ2) is 5.29. The molecule has 4 nitrogen and oxygen atoms in total. The van der Waals surface area contributed by atoms with Crippen molar-refractivity contribution >= 4 is 5.97 Å². The van der Waals surface area contributed by atoms with Gasteiger partial charge in [0.05, 0.1) is 5.56 Å². The number of nitrogens with zero attached hydrogens (tertiary/aromatic N) is 1. The predicted molar refractivity (Wildman–Crippen MR) is 63.8 cm³/mol. The van der Waals surface area contributed by atoms with E-state index in [1.807, 2.05) is 12.1 Å². The summed E-state index contributed by atoms with van der Waals surface area (Å²) in [4.78, 5) is 13.3. The molecule has 17 heavy (non-hydrogen) atoms. The number of carboxylic acid groups (broad SMARTS) is 1. The average Bonchev–Trinajstić information content (AvgIpc) is 2.77. The first-order valence-electron chi connectivity index (χ1n) is 5.80. The van der Waals surface area contributed by atoms with E-state index >= 15 is 0 Å². The number of hydrogen-bond donors (Lipinski definition) is 1. The number of benzene rings is 1. The van der Waals surface area contributed by atoms with E-state index in [2.05, 4.69) is 4.90 Å². The number of carbonyl (C=O) groups is 1. The van der Waals surface area contributed by atoms with Gasteiger partial charge in [0, 0.05) is 20.2 Å². The Morgan fingerprint density at radius 1 is 1.53 bits per heavy atom. The third kappa shape index (κ3) is 2.65. The minimum atomic E-state index is -0.867. The Labute approximate surface area is 101 Å². The van der Waals surface area contributed by atoms with Crippen LogP contribution < -0.4 is 0 Å². The Balaban J connectivity index is 2.15. The van der Waals surface area contributed by atoms with Gasteiger partial charge in [0.2, 0.25) is 0 Å². The minimum Gasteiger partial charge on any atom is -0.478 e. The maximum Gasteiger partial charge on any atom is 0.336 e. The minimum absolute atomic E-state index is 0.122. The second-order valence-electron chi connectivity index (χ2n) is 4.27. The Morgan fingerprint density at radius 3 is 3.00 bits per heavy atom. The van der Waals surface area contributed by atoms with E-state index in [0.29, 0.717) is 12.1 Å². The molecular formula is C13H17NO3. The largest absolute Gasteiger partial charge is 0.478 e. The molecule has 1 atom stereocenters. The van der Waals surface area contributed by atoms with Crippen LogP contribution in [0.4, 0.5) is 0 Å². The maximum atomic E-state index is 11.1. The Bertz CT molecular complexity index is 405. The summed E-state index contributed by atoms with van der Waals surface area (Å²) >= 11 is 0. The van der Waals surface area contributed by atoms with Crippen LogP contribution in [0.15, 0.2) is 24.3 Å². The molecule has 1 aliphatic rings.